The first-order valence-electron chi connectivity index (χ1n) is 6.45. The van der Waals surface area contributed by atoms with Crippen molar-refractivity contribution in [3.05, 3.63) is 41.5 Å². The smallest absolute Gasteiger partial charge is 0.487 e. The number of halogens is 4. The van der Waals surface area contributed by atoms with Gasteiger partial charge in [0.1, 0.15) is 12.4 Å². The van der Waals surface area contributed by atoms with E-state index in [-0.39, 0.29) is 12.4 Å². The summed E-state index contributed by atoms with van der Waals surface area (Å²) in [5.41, 5.74) is 0.407. The van der Waals surface area contributed by atoms with Gasteiger partial charge in [-0.1, -0.05) is 18.5 Å². The van der Waals surface area contributed by atoms with Crippen molar-refractivity contribution in [2.45, 2.75) is 20.0 Å². The van der Waals surface area contributed by atoms with Crippen molar-refractivity contribution in [1.82, 2.24) is 9.78 Å². The van der Waals surface area contributed by atoms with Crippen LogP contribution in [0.2, 0.25) is 0 Å². The summed E-state index contributed by atoms with van der Waals surface area (Å²) in [6, 6.07) is 4.40. The van der Waals surface area contributed by atoms with E-state index in [0.29, 0.717) is 6.07 Å². The Morgan fingerprint density at radius 3 is 2.48 bits per heavy atom. The summed E-state index contributed by atoms with van der Waals surface area (Å²) in [4.78, 5) is 0. The van der Waals surface area contributed by atoms with Gasteiger partial charge in [-0.3, -0.25) is 4.68 Å². The van der Waals surface area contributed by atoms with Crippen LogP contribution < -0.4 is 10.2 Å². The quantitative estimate of drug-likeness (QED) is 0.627. The lowest BCUT2D eigenvalue weighted by Gasteiger charge is -2.16. The Hall–Kier alpha value is -1.99. The van der Waals surface area contributed by atoms with Gasteiger partial charge in [-0.05, 0) is 18.6 Å². The van der Waals surface area contributed by atoms with Gasteiger partial charge in [-0.15, -0.1) is 0 Å². The SMILES string of the molecule is CCc1cc(COc2ccc([B-](F)(F)F)c(F)c2)n(C)n1. The van der Waals surface area contributed by atoms with Crippen molar-refractivity contribution >= 4 is 12.4 Å². The Morgan fingerprint density at radius 1 is 1.24 bits per heavy atom. The fraction of sp³-hybridized carbons (Fsp3) is 0.308. The van der Waals surface area contributed by atoms with Crippen LogP contribution in [0.4, 0.5) is 17.3 Å². The predicted molar refractivity (Wildman–Crippen MR) is 72.0 cm³/mol. The third-order valence-electron chi connectivity index (χ3n) is 3.10. The van der Waals surface area contributed by atoms with Crippen LogP contribution in [0.15, 0.2) is 24.3 Å². The standard InChI is InChI=1S/C13H14BF4N2O/c1-3-9-6-10(20(2)19-9)8-21-11-4-5-12(13(15)7-11)14(16,17)18/h4-7H,3,8H2,1-2H3/q-1. The highest BCUT2D eigenvalue weighted by molar-refractivity contribution is 6.73. The van der Waals surface area contributed by atoms with E-state index in [0.717, 1.165) is 29.9 Å². The molecule has 8 heteroatoms. The van der Waals surface area contributed by atoms with Gasteiger partial charge in [-0.2, -0.15) is 5.10 Å². The molecule has 0 radical (unpaired) electrons. The van der Waals surface area contributed by atoms with E-state index >= 15 is 0 Å². The summed E-state index contributed by atoms with van der Waals surface area (Å²) in [5.74, 6) is -1.27. The van der Waals surface area contributed by atoms with Gasteiger partial charge in [-0.25, -0.2) is 4.39 Å². The molecule has 114 valence electrons. The Bertz CT molecular complexity index is 640. The van der Waals surface area contributed by atoms with Crippen molar-refractivity contribution in [3.8, 4) is 5.75 Å². The highest BCUT2D eigenvalue weighted by atomic mass is 19.4. The van der Waals surface area contributed by atoms with Gasteiger partial charge >= 0.3 is 6.98 Å². The van der Waals surface area contributed by atoms with Crippen LogP contribution in [-0.2, 0) is 20.1 Å². The minimum atomic E-state index is -5.35. The van der Waals surface area contributed by atoms with Crippen LogP contribution in [0.25, 0.3) is 0 Å². The number of hydrogen-bond acceptors (Lipinski definition) is 2. The number of ether oxygens (including phenoxy) is 1. The van der Waals surface area contributed by atoms with Crippen molar-refractivity contribution in [1.29, 1.82) is 0 Å². The molecule has 1 aromatic heterocycles. The molecule has 2 rings (SSSR count). The van der Waals surface area contributed by atoms with E-state index in [1.54, 1.807) is 11.7 Å². The van der Waals surface area contributed by atoms with E-state index in [2.05, 4.69) is 5.10 Å². The molecule has 0 saturated heterocycles. The second-order valence-corrected chi connectivity index (χ2v) is 4.65. The number of benzene rings is 1. The number of hydrogen-bond donors (Lipinski definition) is 0. The summed E-state index contributed by atoms with van der Waals surface area (Å²) in [6.45, 7) is -3.28. The van der Waals surface area contributed by atoms with Gasteiger partial charge in [0.15, 0.2) is 0 Å². The third kappa shape index (κ3) is 3.56. The summed E-state index contributed by atoms with van der Waals surface area (Å²) in [6.07, 6.45) is 0.769. The molecule has 0 bridgehead atoms. The van der Waals surface area contributed by atoms with Gasteiger partial charge < -0.3 is 17.7 Å². The lowest BCUT2D eigenvalue weighted by molar-refractivity contribution is 0.293. The second-order valence-electron chi connectivity index (χ2n) is 4.65. The zero-order valence-electron chi connectivity index (χ0n) is 11.6. The van der Waals surface area contributed by atoms with Gasteiger partial charge in [0.25, 0.3) is 0 Å². The van der Waals surface area contributed by atoms with Crippen LogP contribution in [0.5, 0.6) is 5.75 Å². The summed E-state index contributed by atoms with van der Waals surface area (Å²) >= 11 is 0. The summed E-state index contributed by atoms with van der Waals surface area (Å²) in [7, 11) is 1.74. The monoisotopic (exact) mass is 301 g/mol. The molecule has 0 aliphatic carbocycles. The molecule has 0 unspecified atom stereocenters. The second kappa shape index (κ2) is 5.79. The number of aryl methyl sites for hydroxylation is 2. The Kier molecular flexibility index (Phi) is 4.25. The maximum Gasteiger partial charge on any atom is 0.512 e. The largest absolute Gasteiger partial charge is 0.512 e. The van der Waals surface area contributed by atoms with Crippen molar-refractivity contribution < 1.29 is 22.1 Å². The maximum atomic E-state index is 13.4. The molecule has 1 aromatic carbocycles. The van der Waals surface area contributed by atoms with E-state index in [1.165, 1.54) is 0 Å². The average Bonchev–Trinajstić information content (AvgIpc) is 2.75. The van der Waals surface area contributed by atoms with Crippen LogP contribution in [-0.4, -0.2) is 16.8 Å². The molecule has 0 aliphatic rings. The molecule has 21 heavy (non-hydrogen) atoms. The highest BCUT2D eigenvalue weighted by Gasteiger charge is 2.28. The third-order valence-corrected chi connectivity index (χ3v) is 3.10. The summed E-state index contributed by atoms with van der Waals surface area (Å²) in [5, 5.41) is 4.22. The molecule has 2 aromatic rings. The van der Waals surface area contributed by atoms with Gasteiger partial charge in [0.05, 0.1) is 17.2 Å². The molecule has 0 spiro atoms. The molecule has 0 atom stereocenters. The molecular weight excluding hydrogens is 287 g/mol. The van der Waals surface area contributed by atoms with Crippen LogP contribution in [0.1, 0.15) is 18.3 Å². The molecule has 0 saturated carbocycles. The maximum absolute atomic E-state index is 13.4. The van der Waals surface area contributed by atoms with Crippen LogP contribution in [0, 0.1) is 5.82 Å². The number of rotatable bonds is 5. The van der Waals surface area contributed by atoms with E-state index in [4.69, 9.17) is 4.74 Å². The van der Waals surface area contributed by atoms with Gasteiger partial charge in [0, 0.05) is 13.1 Å². The zero-order chi connectivity index (χ0) is 15.6. The first kappa shape index (κ1) is 15.4. The lowest BCUT2D eigenvalue weighted by Crippen LogP contribution is -2.36. The average molecular weight is 301 g/mol. The first-order valence-corrected chi connectivity index (χ1v) is 6.45. The Labute approximate surface area is 119 Å². The number of aromatic nitrogens is 2. The number of nitrogens with zero attached hydrogens (tertiary/aromatic N) is 2. The molecule has 0 fully saturated rings. The van der Waals surface area contributed by atoms with Crippen LogP contribution >= 0.6 is 0 Å². The molecule has 0 aliphatic heterocycles. The van der Waals surface area contributed by atoms with Crippen molar-refractivity contribution in [2.24, 2.45) is 7.05 Å². The lowest BCUT2D eigenvalue weighted by atomic mass is 9.80. The topological polar surface area (TPSA) is 27.1 Å². The summed E-state index contributed by atoms with van der Waals surface area (Å²) < 4.78 is 57.8. The molecule has 1 heterocycles. The minimum absolute atomic E-state index is 0.0514. The first-order chi connectivity index (χ1) is 9.81. The van der Waals surface area contributed by atoms with Gasteiger partial charge in [0.2, 0.25) is 0 Å². The highest BCUT2D eigenvalue weighted by Crippen LogP contribution is 2.18. The van der Waals surface area contributed by atoms with E-state index in [1.807, 2.05) is 13.0 Å². The van der Waals surface area contributed by atoms with E-state index < -0.39 is 18.3 Å². The Morgan fingerprint density at radius 2 is 1.95 bits per heavy atom. The normalized spacial score (nSPS) is 11.7. The van der Waals surface area contributed by atoms with E-state index in [9.17, 15) is 17.3 Å². The molecule has 0 N–H and O–H groups in total. The fourth-order valence-electron chi connectivity index (χ4n) is 1.90. The predicted octanol–water partition coefficient (Wildman–Crippen LogP) is 2.76. The molecule has 3 nitrogen and oxygen atoms in total. The minimum Gasteiger partial charge on any atom is -0.487 e. The van der Waals surface area contributed by atoms with Crippen molar-refractivity contribution in [3.63, 3.8) is 0 Å². The Balaban J connectivity index is 2.10. The van der Waals surface area contributed by atoms with Crippen LogP contribution in [0.3, 0.4) is 0 Å². The fourth-order valence-corrected chi connectivity index (χ4v) is 1.90. The van der Waals surface area contributed by atoms with Crippen molar-refractivity contribution in [2.75, 3.05) is 0 Å². The molecular formula is C13H14BF4N2O-. The zero-order valence-corrected chi connectivity index (χ0v) is 11.6. The molecule has 0 amide bonds.